The molecule has 1 N–H and O–H groups in total. The summed E-state index contributed by atoms with van der Waals surface area (Å²) < 4.78 is 30.8. The third kappa shape index (κ3) is 5.07. The van der Waals surface area contributed by atoms with Gasteiger partial charge in [-0.25, -0.2) is 0 Å². The Labute approximate surface area is 164 Å². The molecule has 3 aromatic rings. The van der Waals surface area contributed by atoms with Gasteiger partial charge in [0.15, 0.2) is 5.16 Å². The van der Waals surface area contributed by atoms with Crippen LogP contribution in [0.4, 0.5) is 14.5 Å². The summed E-state index contributed by atoms with van der Waals surface area (Å²) in [5.41, 5.74) is 2.49. The van der Waals surface area contributed by atoms with E-state index < -0.39 is 6.61 Å². The van der Waals surface area contributed by atoms with Crippen molar-refractivity contribution in [3.8, 4) is 11.4 Å². The number of amides is 1. The predicted molar refractivity (Wildman–Crippen MR) is 103 cm³/mol. The topological polar surface area (TPSA) is 69.0 Å². The van der Waals surface area contributed by atoms with Crippen molar-refractivity contribution in [1.82, 2.24) is 14.8 Å². The molecule has 0 unspecified atom stereocenters. The van der Waals surface area contributed by atoms with Crippen LogP contribution in [0.1, 0.15) is 12.5 Å². The highest BCUT2D eigenvalue weighted by molar-refractivity contribution is 7.99. The molecule has 0 atom stereocenters. The Kier molecular flexibility index (Phi) is 6.59. The molecule has 2 aromatic carbocycles. The number of thioether (sulfide) groups is 1. The Balaban J connectivity index is 1.64. The van der Waals surface area contributed by atoms with Crippen molar-refractivity contribution in [1.29, 1.82) is 0 Å². The van der Waals surface area contributed by atoms with Gasteiger partial charge in [0.2, 0.25) is 5.91 Å². The molecule has 6 nitrogen and oxygen atoms in total. The fraction of sp³-hybridized carbons (Fsp3) is 0.211. The van der Waals surface area contributed by atoms with E-state index in [1.807, 2.05) is 28.8 Å². The minimum Gasteiger partial charge on any atom is -0.435 e. The van der Waals surface area contributed by atoms with E-state index in [9.17, 15) is 13.6 Å². The zero-order chi connectivity index (χ0) is 19.9. The van der Waals surface area contributed by atoms with Crippen molar-refractivity contribution >= 4 is 23.4 Å². The molecule has 1 heterocycles. The van der Waals surface area contributed by atoms with Gasteiger partial charge in [0, 0.05) is 11.8 Å². The number of halogens is 2. The Morgan fingerprint density at radius 2 is 2.07 bits per heavy atom. The number of carbonyl (C=O) groups is 1. The molecule has 28 heavy (non-hydrogen) atoms. The van der Waals surface area contributed by atoms with Crippen LogP contribution in [-0.4, -0.2) is 33.0 Å². The highest BCUT2D eigenvalue weighted by atomic mass is 32.2. The second-order valence-corrected chi connectivity index (χ2v) is 6.65. The van der Waals surface area contributed by atoms with Crippen LogP contribution in [-0.2, 0) is 11.2 Å². The van der Waals surface area contributed by atoms with E-state index in [1.54, 1.807) is 12.4 Å². The van der Waals surface area contributed by atoms with Gasteiger partial charge in [0.25, 0.3) is 0 Å². The summed E-state index contributed by atoms with van der Waals surface area (Å²) in [6, 6.07) is 13.8. The third-order valence-electron chi connectivity index (χ3n) is 3.82. The Morgan fingerprint density at radius 1 is 1.25 bits per heavy atom. The van der Waals surface area contributed by atoms with Gasteiger partial charge in [-0.2, -0.15) is 8.78 Å². The number of nitrogens with zero attached hydrogens (tertiary/aromatic N) is 3. The van der Waals surface area contributed by atoms with Crippen molar-refractivity contribution in [3.05, 3.63) is 60.4 Å². The van der Waals surface area contributed by atoms with Crippen molar-refractivity contribution in [2.45, 2.75) is 25.1 Å². The molecule has 0 aliphatic carbocycles. The summed E-state index contributed by atoms with van der Waals surface area (Å²) in [4.78, 5) is 12.2. The Bertz CT molecular complexity index is 949. The Morgan fingerprint density at radius 3 is 2.86 bits per heavy atom. The number of carbonyl (C=O) groups excluding carboxylic acids is 1. The van der Waals surface area contributed by atoms with Crippen LogP contribution < -0.4 is 10.1 Å². The number of ether oxygens (including phenoxy) is 1. The molecule has 0 saturated carbocycles. The number of para-hydroxylation sites is 1. The monoisotopic (exact) mass is 404 g/mol. The molecule has 0 radical (unpaired) electrons. The van der Waals surface area contributed by atoms with Crippen LogP contribution in [0.15, 0.2) is 60.0 Å². The second kappa shape index (κ2) is 9.32. The fourth-order valence-electron chi connectivity index (χ4n) is 2.61. The Hall–Kier alpha value is -2.94. The van der Waals surface area contributed by atoms with E-state index in [4.69, 9.17) is 0 Å². The molecule has 0 spiro atoms. The smallest absolute Gasteiger partial charge is 0.387 e. The van der Waals surface area contributed by atoms with Gasteiger partial charge in [0.05, 0.1) is 11.4 Å². The lowest BCUT2D eigenvalue weighted by Gasteiger charge is -2.11. The molecule has 0 aliphatic heterocycles. The molecule has 0 fully saturated rings. The number of nitrogens with one attached hydrogen (secondary N) is 1. The lowest BCUT2D eigenvalue weighted by atomic mass is 10.1. The van der Waals surface area contributed by atoms with E-state index in [1.165, 1.54) is 30.0 Å². The van der Waals surface area contributed by atoms with E-state index >= 15 is 0 Å². The van der Waals surface area contributed by atoms with Crippen LogP contribution in [0, 0.1) is 0 Å². The van der Waals surface area contributed by atoms with E-state index in [0.29, 0.717) is 10.8 Å². The summed E-state index contributed by atoms with van der Waals surface area (Å²) in [7, 11) is 0. The number of hydrogen-bond donors (Lipinski definition) is 1. The van der Waals surface area contributed by atoms with Crippen LogP contribution in [0.2, 0.25) is 0 Å². The maximum Gasteiger partial charge on any atom is 0.387 e. The van der Waals surface area contributed by atoms with Crippen molar-refractivity contribution in [2.24, 2.45) is 0 Å². The molecule has 0 bridgehead atoms. The molecule has 3 rings (SSSR count). The van der Waals surface area contributed by atoms with Gasteiger partial charge in [-0.1, -0.05) is 43.0 Å². The average molecular weight is 404 g/mol. The lowest BCUT2D eigenvalue weighted by molar-refractivity contribution is -0.113. The molecule has 0 aliphatic rings. The number of alkyl halides is 2. The zero-order valence-electron chi connectivity index (χ0n) is 15.0. The molecule has 1 aromatic heterocycles. The quantitative estimate of drug-likeness (QED) is 0.571. The number of aromatic nitrogens is 3. The minimum atomic E-state index is -2.92. The first-order valence-corrected chi connectivity index (χ1v) is 9.51. The van der Waals surface area contributed by atoms with E-state index in [-0.39, 0.29) is 17.4 Å². The first kappa shape index (κ1) is 19.8. The van der Waals surface area contributed by atoms with Crippen LogP contribution in [0.5, 0.6) is 5.75 Å². The number of benzene rings is 2. The van der Waals surface area contributed by atoms with Crippen LogP contribution >= 0.6 is 11.8 Å². The van der Waals surface area contributed by atoms with Crippen molar-refractivity contribution < 1.29 is 18.3 Å². The van der Waals surface area contributed by atoms with Crippen LogP contribution in [0.25, 0.3) is 5.69 Å². The van der Waals surface area contributed by atoms with E-state index in [0.717, 1.165) is 17.7 Å². The molecule has 146 valence electrons. The normalized spacial score (nSPS) is 10.9. The first-order valence-electron chi connectivity index (χ1n) is 8.52. The molecular weight excluding hydrogens is 386 g/mol. The largest absolute Gasteiger partial charge is 0.435 e. The summed E-state index contributed by atoms with van der Waals surface area (Å²) in [6.07, 6.45) is 2.47. The van der Waals surface area contributed by atoms with Gasteiger partial charge < -0.3 is 10.1 Å². The van der Waals surface area contributed by atoms with Gasteiger partial charge in [-0.05, 0) is 30.2 Å². The molecular formula is C19H18F2N4O2S. The lowest BCUT2D eigenvalue weighted by Crippen LogP contribution is -2.14. The number of rotatable bonds is 8. The fourth-order valence-corrected chi connectivity index (χ4v) is 3.33. The van der Waals surface area contributed by atoms with Crippen molar-refractivity contribution in [3.63, 3.8) is 0 Å². The summed E-state index contributed by atoms with van der Waals surface area (Å²) >= 11 is 1.24. The van der Waals surface area contributed by atoms with Crippen molar-refractivity contribution in [2.75, 3.05) is 11.1 Å². The number of hydrogen-bond acceptors (Lipinski definition) is 5. The summed E-state index contributed by atoms with van der Waals surface area (Å²) in [6.45, 7) is -0.853. The molecule has 0 saturated heterocycles. The zero-order valence-corrected chi connectivity index (χ0v) is 15.8. The third-order valence-corrected chi connectivity index (χ3v) is 4.77. The van der Waals surface area contributed by atoms with E-state index in [2.05, 4.69) is 27.2 Å². The number of aryl methyl sites for hydroxylation is 1. The summed E-state index contributed by atoms with van der Waals surface area (Å²) in [5.74, 6) is -0.221. The first-order chi connectivity index (χ1) is 13.6. The molecule has 9 heteroatoms. The standard InChI is InChI=1S/C19H18F2N4O2S/c1-2-13-6-3-4-9-16(13)25-12-22-24-19(25)28-11-17(26)23-14-7-5-8-15(10-14)27-18(20)21/h3-10,12,18H,2,11H2,1H3,(H,23,26). The number of anilines is 1. The van der Waals surface area contributed by atoms with Crippen LogP contribution in [0.3, 0.4) is 0 Å². The van der Waals surface area contributed by atoms with Gasteiger partial charge in [-0.3, -0.25) is 9.36 Å². The maximum absolute atomic E-state index is 12.3. The second-order valence-electron chi connectivity index (χ2n) is 5.71. The van der Waals surface area contributed by atoms with Gasteiger partial charge in [-0.15, -0.1) is 10.2 Å². The maximum atomic E-state index is 12.3. The average Bonchev–Trinajstić information content (AvgIpc) is 3.14. The van der Waals surface area contributed by atoms with Gasteiger partial charge >= 0.3 is 6.61 Å². The van der Waals surface area contributed by atoms with Gasteiger partial charge in [0.1, 0.15) is 12.1 Å². The highest BCUT2D eigenvalue weighted by Crippen LogP contribution is 2.23. The molecule has 1 amide bonds. The summed E-state index contributed by atoms with van der Waals surface area (Å²) in [5, 5.41) is 11.3. The highest BCUT2D eigenvalue weighted by Gasteiger charge is 2.13. The predicted octanol–water partition coefficient (Wildman–Crippen LogP) is 4.16. The SMILES string of the molecule is CCc1ccccc1-n1cnnc1SCC(=O)Nc1cccc(OC(F)F)c1. The minimum absolute atomic E-state index is 0.0173.